The summed E-state index contributed by atoms with van der Waals surface area (Å²) in [4.78, 5) is 30.8. The van der Waals surface area contributed by atoms with Crippen LogP contribution < -0.4 is 10.1 Å². The highest BCUT2D eigenvalue weighted by atomic mass is 19.1. The number of fused-ring (bicyclic) bond motifs is 1. The van der Waals surface area contributed by atoms with Crippen LogP contribution in [0.1, 0.15) is 24.0 Å². The van der Waals surface area contributed by atoms with Gasteiger partial charge in [0, 0.05) is 37.0 Å². The number of carbonyl (C=O) groups is 2. The molecule has 1 aliphatic heterocycles. The molecule has 1 aliphatic rings. The van der Waals surface area contributed by atoms with Crippen molar-refractivity contribution in [2.45, 2.75) is 24.8 Å². The van der Waals surface area contributed by atoms with E-state index in [0.29, 0.717) is 28.8 Å². The zero-order chi connectivity index (χ0) is 26.6. The Morgan fingerprint density at radius 1 is 1.19 bits per heavy atom. The van der Waals surface area contributed by atoms with Crippen LogP contribution >= 0.6 is 0 Å². The summed E-state index contributed by atoms with van der Waals surface area (Å²) < 4.78 is 46.9. The number of rotatable bonds is 9. The largest absolute Gasteiger partial charge is 0.497 e. The number of carboxylic acids is 1. The first-order valence-electron chi connectivity index (χ1n) is 11.7. The molecule has 194 valence electrons. The van der Waals surface area contributed by atoms with E-state index in [2.05, 4.69) is 10.3 Å². The lowest BCUT2D eigenvalue weighted by atomic mass is 9.97. The molecular weight excluding hydrogens is 487 g/mol. The minimum atomic E-state index is -1.50. The Balaban J connectivity index is 1.40. The molecule has 4 rings (SSSR count). The van der Waals surface area contributed by atoms with Crippen molar-refractivity contribution in [3.8, 4) is 5.75 Å². The van der Waals surface area contributed by atoms with Gasteiger partial charge in [-0.2, -0.15) is 0 Å². The molecular formula is C27H26F3N3O4. The van der Waals surface area contributed by atoms with Gasteiger partial charge in [0.2, 0.25) is 5.91 Å². The molecule has 1 fully saturated rings. The van der Waals surface area contributed by atoms with E-state index in [1.165, 1.54) is 13.2 Å². The smallest absolute Gasteiger partial charge is 0.330 e. The van der Waals surface area contributed by atoms with Crippen LogP contribution in [-0.4, -0.2) is 59.1 Å². The number of carboxylic acid groups (broad SMARTS) is 1. The van der Waals surface area contributed by atoms with Gasteiger partial charge in [-0.05, 0) is 54.8 Å². The monoisotopic (exact) mass is 513 g/mol. The number of nitrogens with zero attached hydrogens (tertiary/aromatic N) is 2. The second-order valence-electron chi connectivity index (χ2n) is 8.96. The summed E-state index contributed by atoms with van der Waals surface area (Å²) in [5.41, 5.74) is -0.564. The van der Waals surface area contributed by atoms with E-state index in [9.17, 15) is 27.9 Å². The number of likely N-dealkylation sites (tertiary alicyclic amines) is 1. The Hall–Kier alpha value is -3.92. The van der Waals surface area contributed by atoms with E-state index in [4.69, 9.17) is 4.74 Å². The lowest BCUT2D eigenvalue weighted by molar-refractivity contribution is -0.147. The molecule has 0 saturated carbocycles. The lowest BCUT2D eigenvalue weighted by Crippen LogP contribution is -2.56. The van der Waals surface area contributed by atoms with E-state index in [0.717, 1.165) is 24.4 Å². The summed E-state index contributed by atoms with van der Waals surface area (Å²) in [6, 6.07) is 8.18. The van der Waals surface area contributed by atoms with Gasteiger partial charge in [-0.15, -0.1) is 0 Å². The summed E-state index contributed by atoms with van der Waals surface area (Å²) in [6.07, 6.45) is 4.23. The zero-order valence-electron chi connectivity index (χ0n) is 20.1. The van der Waals surface area contributed by atoms with E-state index in [-0.39, 0.29) is 37.9 Å². The first-order chi connectivity index (χ1) is 17.7. The van der Waals surface area contributed by atoms with Crippen molar-refractivity contribution in [3.63, 3.8) is 0 Å². The summed E-state index contributed by atoms with van der Waals surface area (Å²) >= 11 is 0. The number of methoxy groups -OCH3 is 1. The molecule has 0 bridgehead atoms. The Morgan fingerprint density at radius 2 is 2.00 bits per heavy atom. The quantitative estimate of drug-likeness (QED) is 0.450. The molecule has 1 amide bonds. The van der Waals surface area contributed by atoms with E-state index in [1.54, 1.807) is 29.2 Å². The Morgan fingerprint density at radius 3 is 2.76 bits per heavy atom. The maximum atomic E-state index is 14.6. The highest BCUT2D eigenvalue weighted by Gasteiger charge is 2.45. The average molecular weight is 514 g/mol. The van der Waals surface area contributed by atoms with Crippen molar-refractivity contribution in [1.82, 2.24) is 15.2 Å². The number of carbonyl (C=O) groups excluding carboxylic acids is 1. The van der Waals surface area contributed by atoms with E-state index in [1.807, 2.05) is 0 Å². The number of aliphatic carboxylic acids is 1. The molecule has 3 aromatic rings. The van der Waals surface area contributed by atoms with Crippen LogP contribution in [0.15, 0.2) is 48.7 Å². The van der Waals surface area contributed by atoms with Crippen LogP contribution in [0.2, 0.25) is 0 Å². The van der Waals surface area contributed by atoms with Gasteiger partial charge >= 0.3 is 5.97 Å². The van der Waals surface area contributed by atoms with Crippen molar-refractivity contribution < 1.29 is 32.6 Å². The Labute approximate surface area is 211 Å². The molecule has 1 unspecified atom stereocenters. The first-order valence-corrected chi connectivity index (χ1v) is 11.7. The number of aromatic nitrogens is 1. The minimum absolute atomic E-state index is 0.0355. The van der Waals surface area contributed by atoms with Crippen LogP contribution in [-0.2, 0) is 16.0 Å². The van der Waals surface area contributed by atoms with Gasteiger partial charge in [0.05, 0.1) is 18.8 Å². The molecule has 0 spiro atoms. The predicted octanol–water partition coefficient (Wildman–Crippen LogP) is 3.95. The lowest BCUT2D eigenvalue weighted by Gasteiger charge is -2.26. The van der Waals surface area contributed by atoms with E-state index >= 15 is 0 Å². The Kier molecular flexibility index (Phi) is 7.77. The SMILES string of the molecule is COc1ccc2ncc(F)c(CCC(=O)NC3(C(=O)O)CCN(C/C=C/c4cc(F)ccc4F)C3)c2c1. The minimum Gasteiger partial charge on any atom is -0.497 e. The molecule has 2 N–H and O–H groups in total. The van der Waals surface area contributed by atoms with Gasteiger partial charge < -0.3 is 15.2 Å². The molecule has 1 saturated heterocycles. The number of amides is 1. The predicted molar refractivity (Wildman–Crippen MR) is 132 cm³/mol. The molecule has 37 heavy (non-hydrogen) atoms. The maximum absolute atomic E-state index is 14.6. The van der Waals surface area contributed by atoms with Crippen molar-refractivity contribution in [3.05, 3.63) is 77.2 Å². The molecule has 0 aliphatic carbocycles. The second kappa shape index (κ2) is 11.0. The highest BCUT2D eigenvalue weighted by molar-refractivity contribution is 5.88. The van der Waals surface area contributed by atoms with Crippen LogP contribution in [0.5, 0.6) is 5.75 Å². The van der Waals surface area contributed by atoms with Gasteiger partial charge in [-0.1, -0.05) is 12.2 Å². The number of nitrogens with one attached hydrogen (secondary N) is 1. The van der Waals surface area contributed by atoms with Crippen LogP contribution in [0.25, 0.3) is 17.0 Å². The number of hydrogen-bond donors (Lipinski definition) is 2. The molecule has 0 radical (unpaired) electrons. The van der Waals surface area contributed by atoms with Crippen LogP contribution in [0.3, 0.4) is 0 Å². The summed E-state index contributed by atoms with van der Waals surface area (Å²) in [6.45, 7) is 0.705. The molecule has 2 aromatic carbocycles. The normalized spacial score (nSPS) is 17.9. The number of hydrogen-bond acceptors (Lipinski definition) is 5. The first kappa shape index (κ1) is 26.2. The molecule has 2 heterocycles. The van der Waals surface area contributed by atoms with Crippen molar-refractivity contribution in [1.29, 1.82) is 0 Å². The molecule has 7 nitrogen and oxygen atoms in total. The second-order valence-corrected chi connectivity index (χ2v) is 8.96. The zero-order valence-corrected chi connectivity index (χ0v) is 20.1. The fraction of sp³-hybridized carbons (Fsp3) is 0.296. The standard InChI is InChI=1S/C27H26F3N3O4/c1-37-19-5-8-24-21(14-19)20(23(30)15-31-24)6-9-25(34)32-27(26(35)36)10-12-33(16-27)11-2-3-17-13-18(28)4-7-22(17)29/h2-5,7-8,13-15H,6,9-12,16H2,1H3,(H,32,34)(H,35,36)/b3-2+. The maximum Gasteiger partial charge on any atom is 0.330 e. The average Bonchev–Trinajstić information content (AvgIpc) is 3.29. The highest BCUT2D eigenvalue weighted by Crippen LogP contribution is 2.26. The number of ether oxygens (including phenoxy) is 1. The number of halogens is 3. The Bertz CT molecular complexity index is 1360. The topological polar surface area (TPSA) is 91.8 Å². The third-order valence-corrected chi connectivity index (χ3v) is 6.49. The summed E-state index contributed by atoms with van der Waals surface area (Å²) in [7, 11) is 1.49. The van der Waals surface area contributed by atoms with Crippen LogP contribution in [0.4, 0.5) is 13.2 Å². The fourth-order valence-corrected chi connectivity index (χ4v) is 4.50. The van der Waals surface area contributed by atoms with Gasteiger partial charge in [-0.3, -0.25) is 14.7 Å². The van der Waals surface area contributed by atoms with Crippen molar-refractivity contribution in [2.75, 3.05) is 26.7 Å². The fourth-order valence-electron chi connectivity index (χ4n) is 4.50. The van der Waals surface area contributed by atoms with Gasteiger partial charge in [0.1, 0.15) is 23.2 Å². The van der Waals surface area contributed by atoms with Crippen molar-refractivity contribution in [2.24, 2.45) is 0 Å². The number of aryl methyl sites for hydroxylation is 1. The third kappa shape index (κ3) is 5.91. The summed E-state index contributed by atoms with van der Waals surface area (Å²) in [5, 5.41) is 13.0. The van der Waals surface area contributed by atoms with Crippen molar-refractivity contribution >= 4 is 28.9 Å². The summed E-state index contributed by atoms with van der Waals surface area (Å²) in [5.74, 6) is -2.86. The van der Waals surface area contributed by atoms with Gasteiger partial charge in [0.25, 0.3) is 0 Å². The number of pyridine rings is 1. The molecule has 1 aromatic heterocycles. The van der Waals surface area contributed by atoms with Gasteiger partial charge in [-0.25, -0.2) is 18.0 Å². The molecule has 1 atom stereocenters. The van der Waals surface area contributed by atoms with Crippen LogP contribution in [0, 0.1) is 17.5 Å². The molecule has 10 heteroatoms. The van der Waals surface area contributed by atoms with E-state index < -0.39 is 34.9 Å². The van der Waals surface area contributed by atoms with Gasteiger partial charge in [0.15, 0.2) is 5.54 Å². The number of benzene rings is 2. The third-order valence-electron chi connectivity index (χ3n) is 6.49.